The predicted octanol–water partition coefficient (Wildman–Crippen LogP) is 5.02. The average Bonchev–Trinajstić information content (AvgIpc) is 2.79. The van der Waals surface area contributed by atoms with Crippen LogP contribution in [0.25, 0.3) is 0 Å². The minimum absolute atomic E-state index is 1.05. The lowest BCUT2D eigenvalue weighted by Crippen LogP contribution is -2.15. The maximum Gasteiger partial charge on any atom is 0.00756 e. The fourth-order valence-corrected chi connectivity index (χ4v) is 4.70. The molecule has 0 nitrogen and oxygen atoms in total. The molecule has 1 saturated carbocycles. The zero-order chi connectivity index (χ0) is 10.3. The highest BCUT2D eigenvalue weighted by atomic mass is 32.2. The molecule has 0 bridgehead atoms. The van der Waals surface area contributed by atoms with Crippen molar-refractivity contribution in [1.29, 1.82) is 0 Å². The number of rotatable bonds is 1. The van der Waals surface area contributed by atoms with E-state index < -0.39 is 0 Å². The first-order valence-corrected chi connectivity index (χ1v) is 8.13. The van der Waals surface area contributed by atoms with E-state index in [-0.39, 0.29) is 0 Å². The predicted molar refractivity (Wildman–Crippen MR) is 70.5 cm³/mol. The van der Waals surface area contributed by atoms with Gasteiger partial charge in [-0.1, -0.05) is 44.9 Å². The van der Waals surface area contributed by atoms with Gasteiger partial charge >= 0.3 is 0 Å². The highest BCUT2D eigenvalue weighted by Crippen LogP contribution is 2.37. The van der Waals surface area contributed by atoms with E-state index in [4.69, 9.17) is 0 Å². The molecular formula is C14H26S. The molecule has 1 saturated heterocycles. The van der Waals surface area contributed by atoms with Crippen LogP contribution in [0.15, 0.2) is 0 Å². The van der Waals surface area contributed by atoms with Crippen LogP contribution in [0.1, 0.15) is 70.6 Å². The lowest BCUT2D eigenvalue weighted by Gasteiger charge is -2.23. The molecule has 0 aromatic heterocycles. The van der Waals surface area contributed by atoms with Gasteiger partial charge in [0.25, 0.3) is 0 Å². The fourth-order valence-electron chi connectivity index (χ4n) is 3.19. The van der Waals surface area contributed by atoms with E-state index in [2.05, 4.69) is 11.8 Å². The summed E-state index contributed by atoms with van der Waals surface area (Å²) in [6.07, 6.45) is 16.7. The quantitative estimate of drug-likeness (QED) is 0.605. The van der Waals surface area contributed by atoms with Gasteiger partial charge in [0.1, 0.15) is 0 Å². The van der Waals surface area contributed by atoms with Crippen molar-refractivity contribution >= 4 is 11.8 Å². The van der Waals surface area contributed by atoms with E-state index in [1.54, 1.807) is 0 Å². The maximum atomic E-state index is 2.28. The smallest absolute Gasteiger partial charge is 0.00756 e. The van der Waals surface area contributed by atoms with E-state index in [0.29, 0.717) is 0 Å². The second-order valence-electron chi connectivity index (χ2n) is 5.36. The Bertz CT molecular complexity index is 151. The summed E-state index contributed by atoms with van der Waals surface area (Å²) in [5.41, 5.74) is 0. The van der Waals surface area contributed by atoms with Crippen LogP contribution in [0.4, 0.5) is 0 Å². The molecule has 1 heteroatoms. The van der Waals surface area contributed by atoms with Gasteiger partial charge in [-0.2, -0.15) is 11.8 Å². The van der Waals surface area contributed by atoms with Gasteiger partial charge < -0.3 is 0 Å². The first-order valence-electron chi connectivity index (χ1n) is 7.08. The van der Waals surface area contributed by atoms with Crippen LogP contribution in [0, 0.1) is 5.92 Å². The lowest BCUT2D eigenvalue weighted by molar-refractivity contribution is 0.374. The molecule has 1 heterocycles. The number of hydrogen-bond acceptors (Lipinski definition) is 1. The van der Waals surface area contributed by atoms with Crippen LogP contribution in [0.3, 0.4) is 0 Å². The third-order valence-corrected chi connectivity index (χ3v) is 5.71. The molecule has 1 aliphatic carbocycles. The van der Waals surface area contributed by atoms with Crippen LogP contribution < -0.4 is 0 Å². The van der Waals surface area contributed by atoms with Crippen molar-refractivity contribution in [2.24, 2.45) is 5.92 Å². The molecule has 1 aliphatic heterocycles. The van der Waals surface area contributed by atoms with Crippen LogP contribution >= 0.6 is 11.8 Å². The van der Waals surface area contributed by atoms with Gasteiger partial charge in [0, 0.05) is 5.25 Å². The van der Waals surface area contributed by atoms with E-state index in [0.717, 1.165) is 11.2 Å². The van der Waals surface area contributed by atoms with Gasteiger partial charge in [0.15, 0.2) is 0 Å². The van der Waals surface area contributed by atoms with Gasteiger partial charge in [-0.15, -0.1) is 0 Å². The molecule has 0 aromatic carbocycles. The molecule has 1 atom stereocenters. The fraction of sp³-hybridized carbons (Fsp3) is 1.00. The van der Waals surface area contributed by atoms with Crippen molar-refractivity contribution < 1.29 is 0 Å². The van der Waals surface area contributed by atoms with E-state index >= 15 is 0 Å². The Morgan fingerprint density at radius 1 is 0.600 bits per heavy atom. The van der Waals surface area contributed by atoms with E-state index in [1.165, 1.54) is 76.4 Å². The first kappa shape index (κ1) is 11.8. The normalized spacial score (nSPS) is 31.6. The highest BCUT2D eigenvalue weighted by molar-refractivity contribution is 8.00. The molecule has 15 heavy (non-hydrogen) atoms. The van der Waals surface area contributed by atoms with Gasteiger partial charge in [-0.3, -0.25) is 0 Å². The molecule has 1 unspecified atom stereocenters. The third kappa shape index (κ3) is 4.01. The van der Waals surface area contributed by atoms with Crippen molar-refractivity contribution in [3.8, 4) is 0 Å². The molecule has 88 valence electrons. The summed E-state index contributed by atoms with van der Waals surface area (Å²) in [7, 11) is 0. The third-order valence-electron chi connectivity index (χ3n) is 4.14. The molecule has 0 aromatic rings. The Balaban J connectivity index is 1.78. The minimum Gasteiger partial charge on any atom is -0.158 e. The summed E-state index contributed by atoms with van der Waals surface area (Å²) >= 11 is 2.28. The molecule has 2 rings (SSSR count). The van der Waals surface area contributed by atoms with E-state index in [1.807, 2.05) is 0 Å². The summed E-state index contributed by atoms with van der Waals surface area (Å²) in [5, 5.41) is 1.05. The van der Waals surface area contributed by atoms with Gasteiger partial charge in [0.05, 0.1) is 0 Å². The van der Waals surface area contributed by atoms with Crippen molar-refractivity contribution in [2.75, 3.05) is 5.75 Å². The topological polar surface area (TPSA) is 0 Å². The summed E-state index contributed by atoms with van der Waals surface area (Å²) in [5.74, 6) is 2.52. The molecule has 0 spiro atoms. The van der Waals surface area contributed by atoms with Crippen LogP contribution in [-0.4, -0.2) is 11.0 Å². The molecule has 0 amide bonds. The zero-order valence-electron chi connectivity index (χ0n) is 10.0. The van der Waals surface area contributed by atoms with Crippen LogP contribution in [-0.2, 0) is 0 Å². The molecule has 2 fully saturated rings. The Morgan fingerprint density at radius 2 is 1.20 bits per heavy atom. The average molecular weight is 226 g/mol. The summed E-state index contributed by atoms with van der Waals surface area (Å²) in [4.78, 5) is 0. The van der Waals surface area contributed by atoms with Crippen LogP contribution in [0.5, 0.6) is 0 Å². The summed E-state index contributed by atoms with van der Waals surface area (Å²) in [6, 6.07) is 0. The minimum atomic E-state index is 1.05. The molecule has 2 aliphatic rings. The molecule has 0 radical (unpaired) electrons. The lowest BCUT2D eigenvalue weighted by atomic mass is 9.88. The SMILES string of the molecule is C1CCCCC(C2CCCS2)CCCC1. The largest absolute Gasteiger partial charge is 0.158 e. The van der Waals surface area contributed by atoms with Gasteiger partial charge in [0.2, 0.25) is 0 Å². The zero-order valence-corrected chi connectivity index (χ0v) is 10.9. The number of hydrogen-bond donors (Lipinski definition) is 0. The Morgan fingerprint density at radius 3 is 1.73 bits per heavy atom. The molecular weight excluding hydrogens is 200 g/mol. The van der Waals surface area contributed by atoms with Crippen LogP contribution in [0.2, 0.25) is 0 Å². The Hall–Kier alpha value is 0.350. The summed E-state index contributed by atoms with van der Waals surface area (Å²) < 4.78 is 0. The van der Waals surface area contributed by atoms with Crippen molar-refractivity contribution in [3.63, 3.8) is 0 Å². The Kier molecular flexibility index (Phi) is 5.38. The number of thioether (sulfide) groups is 1. The maximum absolute atomic E-state index is 2.28. The van der Waals surface area contributed by atoms with E-state index in [9.17, 15) is 0 Å². The van der Waals surface area contributed by atoms with Crippen molar-refractivity contribution in [2.45, 2.75) is 75.9 Å². The van der Waals surface area contributed by atoms with Gasteiger partial charge in [-0.05, 0) is 37.4 Å². The highest BCUT2D eigenvalue weighted by Gasteiger charge is 2.24. The monoisotopic (exact) mass is 226 g/mol. The van der Waals surface area contributed by atoms with Crippen molar-refractivity contribution in [1.82, 2.24) is 0 Å². The van der Waals surface area contributed by atoms with Gasteiger partial charge in [-0.25, -0.2) is 0 Å². The Labute approximate surface area is 99.6 Å². The first-order chi connectivity index (χ1) is 7.47. The molecule has 0 N–H and O–H groups in total. The second-order valence-corrected chi connectivity index (χ2v) is 6.71. The second kappa shape index (κ2) is 6.83. The summed E-state index contributed by atoms with van der Waals surface area (Å²) in [6.45, 7) is 0. The standard InChI is InChI=1S/C14H26S/c1-2-4-6-9-13(10-7-5-3-1)14-11-8-12-15-14/h13-14H,1-12H2. The van der Waals surface area contributed by atoms with Crippen molar-refractivity contribution in [3.05, 3.63) is 0 Å².